The van der Waals surface area contributed by atoms with Crippen LogP contribution in [0, 0.1) is 0 Å². The molecule has 4 nitrogen and oxygen atoms in total. The minimum Gasteiger partial charge on any atom is -0.435 e. The van der Waals surface area contributed by atoms with Gasteiger partial charge in [-0.1, -0.05) is 19.1 Å². The second kappa shape index (κ2) is 11.3. The second-order valence-corrected chi connectivity index (χ2v) is 4.30. The number of hydrogen-bond acceptors (Lipinski definition) is 3. The fourth-order valence-electron chi connectivity index (χ4n) is 1.63. The lowest BCUT2D eigenvalue weighted by molar-refractivity contribution is -0.120. The van der Waals surface area contributed by atoms with Crippen molar-refractivity contribution in [2.75, 3.05) is 19.6 Å². The van der Waals surface area contributed by atoms with Gasteiger partial charge in [-0.05, 0) is 30.7 Å². The van der Waals surface area contributed by atoms with E-state index in [4.69, 9.17) is 0 Å². The summed E-state index contributed by atoms with van der Waals surface area (Å²) in [7, 11) is 0. The molecule has 2 N–H and O–H groups in total. The fourth-order valence-corrected chi connectivity index (χ4v) is 1.63. The highest BCUT2D eigenvalue weighted by molar-refractivity contribution is 5.85. The lowest BCUT2D eigenvalue weighted by Gasteiger charge is -2.07. The average Bonchev–Trinajstić information content (AvgIpc) is 2.40. The molecule has 1 aromatic rings. The summed E-state index contributed by atoms with van der Waals surface area (Å²) in [5.74, 6) is -0.00116. The minimum atomic E-state index is -2.83. The Kier molecular flexibility index (Phi) is 10.5. The van der Waals surface area contributed by atoms with Crippen LogP contribution in [0.1, 0.15) is 18.9 Å². The Bertz CT molecular complexity index is 402. The van der Waals surface area contributed by atoms with Crippen LogP contribution in [0.15, 0.2) is 24.3 Å². The van der Waals surface area contributed by atoms with Gasteiger partial charge in [0, 0.05) is 13.1 Å². The number of rotatable bonds is 9. The Balaban J connectivity index is 0.00000400. The average molecular weight is 323 g/mol. The maximum atomic E-state index is 12.0. The largest absolute Gasteiger partial charge is 0.435 e. The third-order valence-electron chi connectivity index (χ3n) is 2.56. The van der Waals surface area contributed by atoms with Crippen molar-refractivity contribution in [2.24, 2.45) is 0 Å². The first-order chi connectivity index (χ1) is 9.61. The molecular weight excluding hydrogens is 302 g/mol. The van der Waals surface area contributed by atoms with E-state index in [9.17, 15) is 13.6 Å². The molecule has 0 saturated carbocycles. The molecule has 0 unspecified atom stereocenters. The van der Waals surface area contributed by atoms with Crippen LogP contribution in [0.4, 0.5) is 8.78 Å². The number of nitrogens with one attached hydrogen (secondary N) is 2. The molecule has 0 aliphatic carbocycles. The maximum Gasteiger partial charge on any atom is 0.387 e. The van der Waals surface area contributed by atoms with Crippen LogP contribution in [-0.2, 0) is 11.2 Å². The lowest BCUT2D eigenvalue weighted by atomic mass is 10.1. The van der Waals surface area contributed by atoms with Gasteiger partial charge >= 0.3 is 6.61 Å². The first kappa shape index (κ1) is 19.6. The van der Waals surface area contributed by atoms with Gasteiger partial charge in [0.2, 0.25) is 5.91 Å². The summed E-state index contributed by atoms with van der Waals surface area (Å²) >= 11 is 0. The predicted molar refractivity (Wildman–Crippen MR) is 80.2 cm³/mol. The second-order valence-electron chi connectivity index (χ2n) is 4.30. The Morgan fingerprint density at radius 1 is 1.19 bits per heavy atom. The Morgan fingerprint density at radius 3 is 2.43 bits per heavy atom. The van der Waals surface area contributed by atoms with E-state index in [1.807, 2.05) is 0 Å². The van der Waals surface area contributed by atoms with Crippen molar-refractivity contribution in [1.82, 2.24) is 10.6 Å². The fraction of sp³-hybridized carbons (Fsp3) is 0.500. The van der Waals surface area contributed by atoms with E-state index in [0.717, 1.165) is 25.1 Å². The van der Waals surface area contributed by atoms with Crippen LogP contribution in [0.3, 0.4) is 0 Å². The Hall–Kier alpha value is -1.40. The molecule has 0 fully saturated rings. The minimum absolute atomic E-state index is 0. The molecule has 21 heavy (non-hydrogen) atoms. The van der Waals surface area contributed by atoms with Crippen molar-refractivity contribution in [3.05, 3.63) is 29.8 Å². The highest BCUT2D eigenvalue weighted by atomic mass is 35.5. The first-order valence-corrected chi connectivity index (χ1v) is 6.63. The first-order valence-electron chi connectivity index (χ1n) is 6.63. The van der Waals surface area contributed by atoms with Crippen LogP contribution in [0.25, 0.3) is 0 Å². The summed E-state index contributed by atoms with van der Waals surface area (Å²) in [5.41, 5.74) is 0.755. The number of ether oxygens (including phenoxy) is 1. The summed E-state index contributed by atoms with van der Waals surface area (Å²) in [6.07, 6.45) is 1.28. The van der Waals surface area contributed by atoms with Crippen molar-refractivity contribution in [2.45, 2.75) is 26.4 Å². The van der Waals surface area contributed by atoms with Crippen molar-refractivity contribution in [3.8, 4) is 5.75 Å². The van der Waals surface area contributed by atoms with Crippen molar-refractivity contribution in [3.63, 3.8) is 0 Å². The van der Waals surface area contributed by atoms with E-state index in [1.165, 1.54) is 12.1 Å². The molecule has 0 atom stereocenters. The molecule has 0 heterocycles. The summed E-state index contributed by atoms with van der Waals surface area (Å²) in [4.78, 5) is 11.6. The summed E-state index contributed by atoms with van der Waals surface area (Å²) in [5, 5.41) is 5.96. The standard InChI is InChI=1S/C14H20F2N2O2.ClH/c1-2-7-17-8-9-18-13(19)10-11-3-5-12(6-4-11)20-14(15)16;/h3-6,14,17H,2,7-10H2,1H3,(H,18,19);1H. The molecular formula is C14H21ClF2N2O2. The number of alkyl halides is 2. The Labute approximate surface area is 129 Å². The van der Waals surface area contributed by atoms with Crippen molar-refractivity contribution in [1.29, 1.82) is 0 Å². The third-order valence-corrected chi connectivity index (χ3v) is 2.56. The molecule has 0 aliphatic heterocycles. The van der Waals surface area contributed by atoms with Gasteiger partial charge < -0.3 is 15.4 Å². The number of carbonyl (C=O) groups is 1. The van der Waals surface area contributed by atoms with Gasteiger partial charge in [-0.15, -0.1) is 12.4 Å². The van der Waals surface area contributed by atoms with Gasteiger partial charge in [0.15, 0.2) is 0 Å². The molecule has 0 aromatic heterocycles. The quantitative estimate of drug-likeness (QED) is 0.686. The predicted octanol–water partition coefficient (Wildman–Crippen LogP) is 2.37. The molecule has 0 aliphatic rings. The monoisotopic (exact) mass is 322 g/mol. The molecule has 1 rings (SSSR count). The van der Waals surface area contributed by atoms with E-state index in [2.05, 4.69) is 22.3 Å². The van der Waals surface area contributed by atoms with Crippen LogP contribution in [0.2, 0.25) is 0 Å². The SMILES string of the molecule is CCCNCCNC(=O)Cc1ccc(OC(F)F)cc1.Cl. The number of halogens is 3. The van der Waals surface area contributed by atoms with Crippen LogP contribution in [0.5, 0.6) is 5.75 Å². The Morgan fingerprint density at radius 2 is 1.86 bits per heavy atom. The van der Waals surface area contributed by atoms with Gasteiger partial charge in [0.1, 0.15) is 5.75 Å². The molecule has 1 aromatic carbocycles. The number of hydrogen-bond donors (Lipinski definition) is 2. The van der Waals surface area contributed by atoms with Crippen LogP contribution < -0.4 is 15.4 Å². The highest BCUT2D eigenvalue weighted by Crippen LogP contribution is 2.15. The van der Waals surface area contributed by atoms with E-state index in [1.54, 1.807) is 12.1 Å². The van der Waals surface area contributed by atoms with E-state index < -0.39 is 6.61 Å². The third kappa shape index (κ3) is 9.20. The molecule has 1 amide bonds. The molecule has 0 saturated heterocycles. The van der Waals surface area contributed by atoms with Gasteiger partial charge in [0.05, 0.1) is 6.42 Å². The topological polar surface area (TPSA) is 50.4 Å². The molecule has 0 spiro atoms. The van der Waals surface area contributed by atoms with E-state index in [-0.39, 0.29) is 30.5 Å². The smallest absolute Gasteiger partial charge is 0.387 e. The highest BCUT2D eigenvalue weighted by Gasteiger charge is 2.06. The van der Waals surface area contributed by atoms with E-state index in [0.29, 0.717) is 6.54 Å². The maximum absolute atomic E-state index is 12.0. The number of amides is 1. The van der Waals surface area contributed by atoms with Gasteiger partial charge in [-0.25, -0.2) is 0 Å². The van der Waals surface area contributed by atoms with Crippen molar-refractivity contribution >= 4 is 18.3 Å². The van der Waals surface area contributed by atoms with Gasteiger partial charge in [-0.2, -0.15) is 8.78 Å². The molecule has 120 valence electrons. The van der Waals surface area contributed by atoms with Crippen LogP contribution >= 0.6 is 12.4 Å². The van der Waals surface area contributed by atoms with Gasteiger partial charge in [-0.3, -0.25) is 4.79 Å². The van der Waals surface area contributed by atoms with Crippen LogP contribution in [-0.4, -0.2) is 32.2 Å². The van der Waals surface area contributed by atoms with E-state index >= 15 is 0 Å². The zero-order valence-corrected chi connectivity index (χ0v) is 12.7. The number of benzene rings is 1. The van der Waals surface area contributed by atoms with Gasteiger partial charge in [0.25, 0.3) is 0 Å². The summed E-state index contributed by atoms with van der Waals surface area (Å²) < 4.78 is 28.2. The molecule has 7 heteroatoms. The molecule has 0 bridgehead atoms. The van der Waals surface area contributed by atoms with Crippen molar-refractivity contribution < 1.29 is 18.3 Å². The zero-order valence-electron chi connectivity index (χ0n) is 11.9. The summed E-state index contributed by atoms with van der Waals surface area (Å²) in [6, 6.07) is 6.06. The zero-order chi connectivity index (χ0) is 14.8. The normalized spacial score (nSPS) is 10.1. The number of carbonyl (C=O) groups excluding carboxylic acids is 1. The lowest BCUT2D eigenvalue weighted by Crippen LogP contribution is -2.32. The molecule has 0 radical (unpaired) electrons. The summed E-state index contributed by atoms with van der Waals surface area (Å²) in [6.45, 7) is 1.49.